The number of likely N-dealkylation sites (N-methyl/N-ethyl adjacent to an activating group) is 1. The van der Waals surface area contributed by atoms with Crippen molar-refractivity contribution in [2.24, 2.45) is 0 Å². The van der Waals surface area contributed by atoms with E-state index in [4.69, 9.17) is 16.3 Å². The average molecular weight is 272 g/mol. The lowest BCUT2D eigenvalue weighted by Gasteiger charge is -2.15. The molecule has 1 aromatic heterocycles. The number of carbonyl (C=O) groups is 1. The Morgan fingerprint density at radius 1 is 1.56 bits per heavy atom. The van der Waals surface area contributed by atoms with Crippen molar-refractivity contribution >= 4 is 17.5 Å². The van der Waals surface area contributed by atoms with Crippen LogP contribution in [0.5, 0.6) is 0 Å². The first-order valence-corrected chi connectivity index (χ1v) is 6.08. The van der Waals surface area contributed by atoms with Gasteiger partial charge in [-0.15, -0.1) is 0 Å². The van der Waals surface area contributed by atoms with Gasteiger partial charge in [-0.1, -0.05) is 11.6 Å². The van der Waals surface area contributed by atoms with Crippen LogP contribution in [0, 0.1) is 0 Å². The number of amides is 1. The quantitative estimate of drug-likeness (QED) is 0.805. The monoisotopic (exact) mass is 271 g/mol. The predicted molar refractivity (Wildman–Crippen MR) is 71.0 cm³/mol. The first kappa shape index (κ1) is 14.9. The molecule has 0 spiro atoms. The molecule has 0 radical (unpaired) electrons. The van der Waals surface area contributed by atoms with Crippen LogP contribution in [0.4, 0.5) is 0 Å². The lowest BCUT2D eigenvalue weighted by atomic mass is 10.3. The number of rotatable bonds is 7. The summed E-state index contributed by atoms with van der Waals surface area (Å²) in [4.78, 5) is 17.8. The number of carbonyl (C=O) groups excluding carboxylic acids is 1. The highest BCUT2D eigenvalue weighted by molar-refractivity contribution is 6.30. The topological polar surface area (TPSA) is 54.5 Å². The van der Waals surface area contributed by atoms with Gasteiger partial charge < -0.3 is 15.0 Å². The first-order chi connectivity index (χ1) is 8.63. The first-order valence-electron chi connectivity index (χ1n) is 5.70. The van der Waals surface area contributed by atoms with Crippen molar-refractivity contribution in [3.05, 3.63) is 29.0 Å². The van der Waals surface area contributed by atoms with Crippen LogP contribution in [0.15, 0.2) is 18.3 Å². The van der Waals surface area contributed by atoms with Crippen molar-refractivity contribution in [2.45, 2.75) is 0 Å². The van der Waals surface area contributed by atoms with Crippen LogP contribution in [0.3, 0.4) is 0 Å². The zero-order valence-electron chi connectivity index (χ0n) is 10.6. The smallest absolute Gasteiger partial charge is 0.269 e. The number of aromatic nitrogens is 1. The molecule has 0 aromatic carbocycles. The number of pyridine rings is 1. The number of nitrogens with zero attached hydrogens (tertiary/aromatic N) is 2. The maximum atomic E-state index is 11.7. The van der Waals surface area contributed by atoms with E-state index in [9.17, 15) is 4.79 Å². The molecular formula is C12H18ClN3O2. The number of halogens is 1. The number of hydrogen-bond donors (Lipinski definition) is 1. The van der Waals surface area contributed by atoms with Crippen molar-refractivity contribution < 1.29 is 9.53 Å². The molecule has 1 rings (SSSR count). The molecule has 1 amide bonds. The standard InChI is InChI=1S/C12H18ClN3O2/c1-16(7-8-18-2)6-5-15-12(17)11-9-10(13)3-4-14-11/h3-4,9H,5-8H2,1-2H3,(H,15,17). The molecule has 0 saturated carbocycles. The Kier molecular flexibility index (Phi) is 6.64. The molecule has 0 aliphatic heterocycles. The average Bonchev–Trinajstić information content (AvgIpc) is 2.36. The molecule has 18 heavy (non-hydrogen) atoms. The molecule has 100 valence electrons. The fraction of sp³-hybridized carbons (Fsp3) is 0.500. The minimum absolute atomic E-state index is 0.211. The van der Waals surface area contributed by atoms with E-state index in [1.54, 1.807) is 19.2 Å². The van der Waals surface area contributed by atoms with Crippen molar-refractivity contribution in [3.8, 4) is 0 Å². The normalized spacial score (nSPS) is 10.7. The second-order valence-electron chi connectivity index (χ2n) is 3.91. The van der Waals surface area contributed by atoms with Gasteiger partial charge in [-0.25, -0.2) is 0 Å². The Balaban J connectivity index is 2.29. The highest BCUT2D eigenvalue weighted by Gasteiger charge is 2.07. The third-order valence-corrected chi connectivity index (χ3v) is 2.65. The summed E-state index contributed by atoms with van der Waals surface area (Å²) >= 11 is 5.79. The zero-order valence-corrected chi connectivity index (χ0v) is 11.4. The Morgan fingerprint density at radius 3 is 3.00 bits per heavy atom. The molecule has 1 aromatic rings. The molecule has 5 nitrogen and oxygen atoms in total. The zero-order chi connectivity index (χ0) is 13.4. The van der Waals surface area contributed by atoms with Gasteiger partial charge in [-0.3, -0.25) is 9.78 Å². The molecule has 0 saturated heterocycles. The Labute approximate surface area is 112 Å². The summed E-state index contributed by atoms with van der Waals surface area (Å²) in [6.07, 6.45) is 1.52. The fourth-order valence-electron chi connectivity index (χ4n) is 1.34. The second kappa shape index (κ2) is 8.02. The van der Waals surface area contributed by atoms with Gasteiger partial charge in [0.25, 0.3) is 5.91 Å². The van der Waals surface area contributed by atoms with Gasteiger partial charge in [-0.2, -0.15) is 0 Å². The molecular weight excluding hydrogens is 254 g/mol. The van der Waals surface area contributed by atoms with Gasteiger partial charge >= 0.3 is 0 Å². The van der Waals surface area contributed by atoms with E-state index in [1.807, 2.05) is 7.05 Å². The maximum Gasteiger partial charge on any atom is 0.269 e. The van der Waals surface area contributed by atoms with Crippen molar-refractivity contribution in [1.82, 2.24) is 15.2 Å². The van der Waals surface area contributed by atoms with Gasteiger partial charge in [-0.05, 0) is 19.2 Å². The van der Waals surface area contributed by atoms with Crippen LogP contribution in [-0.4, -0.2) is 56.2 Å². The molecule has 0 unspecified atom stereocenters. The van der Waals surface area contributed by atoms with E-state index in [0.29, 0.717) is 23.9 Å². The van der Waals surface area contributed by atoms with Crippen molar-refractivity contribution in [2.75, 3.05) is 40.4 Å². The molecule has 0 fully saturated rings. The largest absolute Gasteiger partial charge is 0.383 e. The third kappa shape index (κ3) is 5.44. The maximum absolute atomic E-state index is 11.7. The summed E-state index contributed by atoms with van der Waals surface area (Å²) in [7, 11) is 3.64. The molecule has 0 aliphatic carbocycles. The number of ether oxygens (including phenoxy) is 1. The third-order valence-electron chi connectivity index (χ3n) is 2.41. The number of nitrogens with one attached hydrogen (secondary N) is 1. The van der Waals surface area contributed by atoms with Crippen molar-refractivity contribution in [3.63, 3.8) is 0 Å². The van der Waals surface area contributed by atoms with E-state index in [2.05, 4.69) is 15.2 Å². The van der Waals surface area contributed by atoms with E-state index in [1.165, 1.54) is 6.20 Å². The van der Waals surface area contributed by atoms with E-state index in [-0.39, 0.29) is 5.91 Å². The minimum atomic E-state index is -0.211. The fourth-order valence-corrected chi connectivity index (χ4v) is 1.50. The van der Waals surface area contributed by atoms with Gasteiger partial charge in [0.05, 0.1) is 6.61 Å². The van der Waals surface area contributed by atoms with Crippen LogP contribution in [0.25, 0.3) is 0 Å². The van der Waals surface area contributed by atoms with Gasteiger partial charge in [0, 0.05) is 38.0 Å². The predicted octanol–water partition coefficient (Wildman–Crippen LogP) is 1.04. The molecule has 0 bridgehead atoms. The van der Waals surface area contributed by atoms with Crippen LogP contribution in [0.2, 0.25) is 5.02 Å². The SMILES string of the molecule is COCCN(C)CCNC(=O)c1cc(Cl)ccn1. The lowest BCUT2D eigenvalue weighted by molar-refractivity contribution is 0.0942. The molecule has 0 atom stereocenters. The van der Waals surface area contributed by atoms with Crippen LogP contribution >= 0.6 is 11.6 Å². The highest BCUT2D eigenvalue weighted by Crippen LogP contribution is 2.07. The van der Waals surface area contributed by atoms with E-state index in [0.717, 1.165) is 13.1 Å². The van der Waals surface area contributed by atoms with Crippen LogP contribution in [0.1, 0.15) is 10.5 Å². The minimum Gasteiger partial charge on any atom is -0.383 e. The Bertz CT molecular complexity index is 387. The second-order valence-corrected chi connectivity index (χ2v) is 4.35. The summed E-state index contributed by atoms with van der Waals surface area (Å²) in [6, 6.07) is 3.18. The molecule has 1 N–H and O–H groups in total. The van der Waals surface area contributed by atoms with Gasteiger partial charge in [0.1, 0.15) is 5.69 Å². The van der Waals surface area contributed by atoms with Gasteiger partial charge in [0.15, 0.2) is 0 Å². The summed E-state index contributed by atoms with van der Waals surface area (Å²) in [5, 5.41) is 3.30. The Hall–Kier alpha value is -1.17. The molecule has 6 heteroatoms. The van der Waals surface area contributed by atoms with Crippen LogP contribution < -0.4 is 5.32 Å². The molecule has 1 heterocycles. The summed E-state index contributed by atoms with van der Waals surface area (Å²) in [6.45, 7) is 2.84. The lowest BCUT2D eigenvalue weighted by Crippen LogP contribution is -2.34. The Morgan fingerprint density at radius 2 is 2.33 bits per heavy atom. The van der Waals surface area contributed by atoms with Crippen LogP contribution in [-0.2, 0) is 4.74 Å². The van der Waals surface area contributed by atoms with E-state index >= 15 is 0 Å². The number of methoxy groups -OCH3 is 1. The number of hydrogen-bond acceptors (Lipinski definition) is 4. The molecule has 0 aliphatic rings. The summed E-state index contributed by atoms with van der Waals surface area (Å²) in [5.41, 5.74) is 0.335. The highest BCUT2D eigenvalue weighted by atomic mass is 35.5. The summed E-state index contributed by atoms with van der Waals surface area (Å²) in [5.74, 6) is -0.211. The van der Waals surface area contributed by atoms with Gasteiger partial charge in [0.2, 0.25) is 0 Å². The summed E-state index contributed by atoms with van der Waals surface area (Å²) < 4.78 is 4.97. The van der Waals surface area contributed by atoms with E-state index < -0.39 is 0 Å². The van der Waals surface area contributed by atoms with Crippen molar-refractivity contribution in [1.29, 1.82) is 0 Å².